The van der Waals surface area contributed by atoms with Crippen LogP contribution in [0.5, 0.6) is 5.75 Å². The van der Waals surface area contributed by atoms with E-state index in [0.29, 0.717) is 12.2 Å². The number of unbranched alkanes of at least 4 members (excludes halogenated alkanes) is 1. The second kappa shape index (κ2) is 8.24. The van der Waals surface area contributed by atoms with Gasteiger partial charge in [-0.1, -0.05) is 31.5 Å². The van der Waals surface area contributed by atoms with Crippen LogP contribution in [0, 0.1) is 11.3 Å². The fourth-order valence-corrected chi connectivity index (χ4v) is 2.54. The number of nitrogens with zero attached hydrogens (tertiary/aromatic N) is 2. The van der Waals surface area contributed by atoms with Crippen LogP contribution in [-0.2, 0) is 13.0 Å². The second-order valence-electron chi connectivity index (χ2n) is 5.89. The first-order valence-electron chi connectivity index (χ1n) is 8.06. The third-order valence-electron chi connectivity index (χ3n) is 3.80. The van der Waals surface area contributed by atoms with Crippen LogP contribution in [0.3, 0.4) is 0 Å². The Bertz CT molecular complexity index is 686. The quantitative estimate of drug-likeness (QED) is 0.753. The maximum Gasteiger partial charge on any atom is 0.121 e. The number of hydrogen-bond donors (Lipinski definition) is 0. The van der Waals surface area contributed by atoms with Crippen molar-refractivity contribution >= 4 is 5.69 Å². The third kappa shape index (κ3) is 4.75. The summed E-state index contributed by atoms with van der Waals surface area (Å²) in [6.45, 7) is 2.71. The van der Waals surface area contributed by atoms with Crippen LogP contribution >= 0.6 is 0 Å². The molecule has 0 heterocycles. The molecule has 0 radical (unpaired) electrons. The monoisotopic (exact) mass is 308 g/mol. The van der Waals surface area contributed by atoms with Gasteiger partial charge in [0.15, 0.2) is 0 Å². The SMILES string of the molecule is CCCCc1ccc(N(C)C)c(COc2cccc(C#N)c2)c1. The van der Waals surface area contributed by atoms with Crippen LogP contribution < -0.4 is 9.64 Å². The van der Waals surface area contributed by atoms with E-state index < -0.39 is 0 Å². The summed E-state index contributed by atoms with van der Waals surface area (Å²) in [5, 5.41) is 8.97. The molecule has 0 atom stereocenters. The third-order valence-corrected chi connectivity index (χ3v) is 3.80. The number of ether oxygens (including phenoxy) is 1. The minimum absolute atomic E-state index is 0.502. The van der Waals surface area contributed by atoms with Crippen molar-refractivity contribution < 1.29 is 4.74 Å². The maximum absolute atomic E-state index is 8.97. The molecule has 0 bridgehead atoms. The predicted octanol–water partition coefficient (Wildman–Crippen LogP) is 4.55. The summed E-state index contributed by atoms with van der Waals surface area (Å²) >= 11 is 0. The van der Waals surface area contributed by atoms with E-state index in [2.05, 4.69) is 36.1 Å². The molecular weight excluding hydrogens is 284 g/mol. The van der Waals surface area contributed by atoms with E-state index in [1.807, 2.05) is 26.2 Å². The highest BCUT2D eigenvalue weighted by molar-refractivity contribution is 5.54. The molecule has 2 aromatic rings. The van der Waals surface area contributed by atoms with Gasteiger partial charge in [-0.2, -0.15) is 5.26 Å². The molecule has 3 heteroatoms. The number of rotatable bonds is 7. The van der Waals surface area contributed by atoms with Gasteiger partial charge in [0, 0.05) is 25.3 Å². The van der Waals surface area contributed by atoms with Gasteiger partial charge in [0.25, 0.3) is 0 Å². The van der Waals surface area contributed by atoms with Crippen molar-refractivity contribution in [2.75, 3.05) is 19.0 Å². The van der Waals surface area contributed by atoms with Gasteiger partial charge < -0.3 is 9.64 Å². The van der Waals surface area contributed by atoms with Crippen LogP contribution in [0.15, 0.2) is 42.5 Å². The normalized spacial score (nSPS) is 10.2. The average Bonchev–Trinajstić information content (AvgIpc) is 2.58. The molecule has 0 fully saturated rings. The van der Waals surface area contributed by atoms with Crippen molar-refractivity contribution in [2.45, 2.75) is 32.8 Å². The molecule has 0 unspecified atom stereocenters. The predicted molar refractivity (Wildman–Crippen MR) is 94.9 cm³/mol. The molecule has 0 aliphatic heterocycles. The molecule has 2 rings (SSSR count). The van der Waals surface area contributed by atoms with Gasteiger partial charge in [-0.25, -0.2) is 0 Å². The number of nitriles is 1. The lowest BCUT2D eigenvalue weighted by Gasteiger charge is -2.19. The molecule has 2 aromatic carbocycles. The summed E-state index contributed by atoms with van der Waals surface area (Å²) in [7, 11) is 4.09. The lowest BCUT2D eigenvalue weighted by Crippen LogP contribution is -2.13. The molecule has 0 aliphatic carbocycles. The van der Waals surface area contributed by atoms with E-state index >= 15 is 0 Å². The van der Waals surface area contributed by atoms with Crippen LogP contribution in [0.4, 0.5) is 5.69 Å². The van der Waals surface area contributed by atoms with E-state index in [-0.39, 0.29) is 0 Å². The largest absolute Gasteiger partial charge is 0.489 e. The average molecular weight is 308 g/mol. The maximum atomic E-state index is 8.97. The smallest absolute Gasteiger partial charge is 0.121 e. The zero-order valence-corrected chi connectivity index (χ0v) is 14.2. The van der Waals surface area contributed by atoms with Crippen LogP contribution in [0.1, 0.15) is 36.5 Å². The van der Waals surface area contributed by atoms with Gasteiger partial charge in [0.1, 0.15) is 12.4 Å². The molecule has 0 saturated carbocycles. The number of anilines is 1. The van der Waals surface area contributed by atoms with Crippen molar-refractivity contribution in [1.82, 2.24) is 0 Å². The van der Waals surface area contributed by atoms with Crippen LogP contribution in [0.2, 0.25) is 0 Å². The van der Waals surface area contributed by atoms with E-state index in [0.717, 1.165) is 12.2 Å². The van der Waals surface area contributed by atoms with Crippen LogP contribution in [-0.4, -0.2) is 14.1 Å². The summed E-state index contributed by atoms with van der Waals surface area (Å²) in [6.07, 6.45) is 3.50. The summed E-state index contributed by atoms with van der Waals surface area (Å²) in [5.41, 5.74) is 4.31. The molecule has 0 aliphatic rings. The summed E-state index contributed by atoms with van der Waals surface area (Å²) in [5.74, 6) is 0.729. The lowest BCUT2D eigenvalue weighted by molar-refractivity contribution is 0.306. The Labute approximate surface area is 139 Å². The molecule has 0 amide bonds. The van der Waals surface area contributed by atoms with Crippen molar-refractivity contribution in [3.05, 3.63) is 59.2 Å². The standard InChI is InChI=1S/C20H24N2O/c1-4-5-7-16-10-11-20(22(2)3)18(12-16)15-23-19-9-6-8-17(13-19)14-21/h6,8-13H,4-5,7,15H2,1-3H3. The van der Waals surface area contributed by atoms with Crippen molar-refractivity contribution in [3.63, 3.8) is 0 Å². The highest BCUT2D eigenvalue weighted by Crippen LogP contribution is 2.23. The lowest BCUT2D eigenvalue weighted by atomic mass is 10.0. The van der Waals surface area contributed by atoms with E-state index in [4.69, 9.17) is 10.00 Å². The summed E-state index contributed by atoms with van der Waals surface area (Å²) in [6, 6.07) is 16.0. The minimum atomic E-state index is 0.502. The minimum Gasteiger partial charge on any atom is -0.489 e. The first-order chi connectivity index (χ1) is 11.1. The molecule has 0 N–H and O–H groups in total. The van der Waals surface area contributed by atoms with E-state index in [1.165, 1.54) is 29.7 Å². The molecule has 3 nitrogen and oxygen atoms in total. The highest BCUT2D eigenvalue weighted by Gasteiger charge is 2.07. The number of hydrogen-bond acceptors (Lipinski definition) is 3. The first-order valence-corrected chi connectivity index (χ1v) is 8.06. The Balaban J connectivity index is 2.17. The van der Waals surface area contributed by atoms with Gasteiger partial charge in [-0.3, -0.25) is 0 Å². The zero-order valence-electron chi connectivity index (χ0n) is 14.2. The van der Waals surface area contributed by atoms with Gasteiger partial charge in [-0.05, 0) is 42.7 Å². The summed E-state index contributed by atoms with van der Waals surface area (Å²) < 4.78 is 5.91. The molecular formula is C20H24N2O. The Morgan fingerprint density at radius 1 is 1.13 bits per heavy atom. The zero-order chi connectivity index (χ0) is 16.7. The van der Waals surface area contributed by atoms with E-state index in [1.54, 1.807) is 12.1 Å². The van der Waals surface area contributed by atoms with Crippen molar-refractivity contribution in [2.24, 2.45) is 0 Å². The number of aryl methyl sites for hydroxylation is 1. The molecule has 120 valence electrons. The first kappa shape index (κ1) is 16.9. The van der Waals surface area contributed by atoms with Crippen LogP contribution in [0.25, 0.3) is 0 Å². The Hall–Kier alpha value is -2.47. The van der Waals surface area contributed by atoms with Crippen molar-refractivity contribution in [3.8, 4) is 11.8 Å². The fraction of sp³-hybridized carbons (Fsp3) is 0.350. The van der Waals surface area contributed by atoms with Gasteiger partial charge in [0.05, 0.1) is 11.6 Å². The molecule has 0 spiro atoms. The number of benzene rings is 2. The molecule has 0 saturated heterocycles. The van der Waals surface area contributed by atoms with Gasteiger partial charge >= 0.3 is 0 Å². The highest BCUT2D eigenvalue weighted by atomic mass is 16.5. The Kier molecular flexibility index (Phi) is 6.05. The Morgan fingerprint density at radius 3 is 2.65 bits per heavy atom. The molecule has 0 aromatic heterocycles. The summed E-state index contributed by atoms with van der Waals surface area (Å²) in [4.78, 5) is 2.11. The van der Waals surface area contributed by atoms with Gasteiger partial charge in [-0.15, -0.1) is 0 Å². The van der Waals surface area contributed by atoms with Crippen molar-refractivity contribution in [1.29, 1.82) is 5.26 Å². The Morgan fingerprint density at radius 2 is 1.96 bits per heavy atom. The fourth-order valence-electron chi connectivity index (χ4n) is 2.54. The van der Waals surface area contributed by atoms with Gasteiger partial charge in [0.2, 0.25) is 0 Å². The van der Waals surface area contributed by atoms with E-state index in [9.17, 15) is 0 Å². The molecule has 23 heavy (non-hydrogen) atoms. The topological polar surface area (TPSA) is 36.3 Å². The second-order valence-corrected chi connectivity index (χ2v) is 5.89.